The molecule has 0 bridgehead atoms. The molecular weight excluding hydrogens is 551 g/mol. The van der Waals surface area contributed by atoms with E-state index in [1.165, 1.54) is 13.2 Å². The summed E-state index contributed by atoms with van der Waals surface area (Å²) in [5.41, 5.74) is 1.53. The van der Waals surface area contributed by atoms with Crippen LogP contribution in [0.25, 0.3) is 6.08 Å². The van der Waals surface area contributed by atoms with Crippen LogP contribution in [0.3, 0.4) is 0 Å². The quantitative estimate of drug-likeness (QED) is 0.237. The van der Waals surface area contributed by atoms with Gasteiger partial charge in [-0.15, -0.1) is 0 Å². The number of hydrogen-bond acceptors (Lipinski definition) is 4. The number of nitrogens with zero attached hydrogens (tertiary/aromatic N) is 1. The molecule has 0 aliphatic heterocycles. The van der Waals surface area contributed by atoms with Crippen molar-refractivity contribution in [1.29, 1.82) is 5.26 Å². The monoisotopic (exact) mass is 564 g/mol. The Morgan fingerprint density at radius 2 is 1.82 bits per heavy atom. The summed E-state index contributed by atoms with van der Waals surface area (Å²) < 4.78 is 11.9. The van der Waals surface area contributed by atoms with Gasteiger partial charge >= 0.3 is 0 Å². The van der Waals surface area contributed by atoms with Crippen LogP contribution in [-0.4, -0.2) is 13.0 Å². The van der Waals surface area contributed by atoms with E-state index in [1.54, 1.807) is 36.4 Å². The number of rotatable bonds is 7. The summed E-state index contributed by atoms with van der Waals surface area (Å²) in [7, 11) is 1.50. The molecule has 0 unspecified atom stereocenters. The Kier molecular flexibility index (Phi) is 8.65. The number of carbonyl (C=O) groups is 1. The van der Waals surface area contributed by atoms with Crippen molar-refractivity contribution in [3.8, 4) is 17.6 Å². The van der Waals surface area contributed by atoms with Crippen molar-refractivity contribution in [2.24, 2.45) is 0 Å². The molecule has 3 rings (SSSR count). The number of hydrogen-bond donors (Lipinski definition) is 1. The van der Waals surface area contributed by atoms with Crippen molar-refractivity contribution < 1.29 is 14.3 Å². The van der Waals surface area contributed by atoms with Crippen LogP contribution < -0.4 is 14.8 Å². The summed E-state index contributed by atoms with van der Waals surface area (Å²) in [6.45, 7) is 0.240. The van der Waals surface area contributed by atoms with Crippen LogP contribution >= 0.6 is 50.7 Å². The highest BCUT2D eigenvalue weighted by Crippen LogP contribution is 2.36. The van der Waals surface area contributed by atoms with Gasteiger partial charge in [-0.3, -0.25) is 4.79 Å². The molecule has 5 nitrogen and oxygen atoms in total. The Morgan fingerprint density at radius 3 is 2.52 bits per heavy atom. The minimum absolute atomic E-state index is 0.140. The summed E-state index contributed by atoms with van der Waals surface area (Å²) in [4.78, 5) is 12.6. The number of amides is 1. The molecule has 0 saturated heterocycles. The van der Waals surface area contributed by atoms with Crippen molar-refractivity contribution in [1.82, 2.24) is 0 Å². The van der Waals surface area contributed by atoms with Crippen molar-refractivity contribution in [2.45, 2.75) is 6.61 Å². The van der Waals surface area contributed by atoms with Gasteiger partial charge in [0.2, 0.25) is 0 Å². The molecule has 0 aliphatic rings. The van der Waals surface area contributed by atoms with Gasteiger partial charge in [0.25, 0.3) is 5.91 Å². The zero-order chi connectivity index (χ0) is 24.0. The van der Waals surface area contributed by atoms with E-state index in [0.29, 0.717) is 32.2 Å². The molecule has 0 saturated carbocycles. The Bertz CT molecular complexity index is 1270. The topological polar surface area (TPSA) is 71.3 Å². The largest absolute Gasteiger partial charge is 0.493 e. The number of halogens is 4. The molecule has 33 heavy (non-hydrogen) atoms. The molecule has 1 amide bonds. The van der Waals surface area contributed by atoms with Gasteiger partial charge in [-0.25, -0.2) is 0 Å². The Hall–Kier alpha value is -2.69. The predicted octanol–water partition coefficient (Wildman–Crippen LogP) is 7.54. The normalized spacial score (nSPS) is 11.0. The van der Waals surface area contributed by atoms with Gasteiger partial charge < -0.3 is 14.8 Å². The molecule has 0 aromatic heterocycles. The van der Waals surface area contributed by atoms with Crippen molar-refractivity contribution in [3.05, 3.63) is 90.8 Å². The van der Waals surface area contributed by atoms with Crippen LogP contribution in [0.5, 0.6) is 11.5 Å². The fourth-order valence-corrected chi connectivity index (χ4v) is 3.77. The first kappa shape index (κ1) is 24.9. The molecular formula is C24H16BrCl3N2O3. The number of nitrogens with one attached hydrogen (secondary N) is 1. The highest BCUT2D eigenvalue weighted by molar-refractivity contribution is 9.10. The van der Waals surface area contributed by atoms with Crippen LogP contribution in [0.15, 0.2) is 64.6 Å². The van der Waals surface area contributed by atoms with Crippen LogP contribution in [0.2, 0.25) is 15.1 Å². The number of anilines is 1. The summed E-state index contributed by atoms with van der Waals surface area (Å²) in [6, 6.07) is 17.4. The second-order valence-electron chi connectivity index (χ2n) is 6.63. The summed E-state index contributed by atoms with van der Waals surface area (Å²) in [5.74, 6) is 0.258. The molecule has 9 heteroatoms. The van der Waals surface area contributed by atoms with Crippen molar-refractivity contribution >= 4 is 68.4 Å². The fourth-order valence-electron chi connectivity index (χ4n) is 2.80. The van der Waals surface area contributed by atoms with Gasteiger partial charge in [0.15, 0.2) is 11.5 Å². The van der Waals surface area contributed by atoms with Crippen LogP contribution in [-0.2, 0) is 11.4 Å². The average Bonchev–Trinajstić information content (AvgIpc) is 2.80. The maximum atomic E-state index is 12.6. The summed E-state index contributed by atoms with van der Waals surface area (Å²) >= 11 is 21.7. The Morgan fingerprint density at radius 1 is 1.09 bits per heavy atom. The molecule has 0 aliphatic carbocycles. The number of benzene rings is 3. The van der Waals surface area contributed by atoms with E-state index in [2.05, 4.69) is 21.2 Å². The lowest BCUT2D eigenvalue weighted by atomic mass is 10.1. The third-order valence-electron chi connectivity index (χ3n) is 4.49. The standard InChI is InChI=1S/C24H16BrCl3N2O3/c1-32-21-10-15(17(25)11-22(21)33-13-14-5-2-3-6-18(14)26)9-16(12-29)24(31)30-20-8-4-7-19(27)23(20)28/h2-11H,13H2,1H3,(H,30,31)/b16-9-. The van der Waals surface area contributed by atoms with Crippen molar-refractivity contribution in [3.63, 3.8) is 0 Å². The van der Waals surface area contributed by atoms with E-state index in [9.17, 15) is 10.1 Å². The van der Waals surface area contributed by atoms with E-state index in [0.717, 1.165) is 5.56 Å². The van der Waals surface area contributed by atoms with Crippen LogP contribution in [0.4, 0.5) is 5.69 Å². The van der Waals surface area contributed by atoms with Crippen LogP contribution in [0.1, 0.15) is 11.1 Å². The molecule has 0 fully saturated rings. The molecule has 0 heterocycles. The van der Waals surface area contributed by atoms with E-state index in [1.807, 2.05) is 24.3 Å². The molecule has 0 spiro atoms. The first-order valence-corrected chi connectivity index (χ1v) is 11.4. The zero-order valence-electron chi connectivity index (χ0n) is 17.2. The lowest BCUT2D eigenvalue weighted by Gasteiger charge is -2.14. The van der Waals surface area contributed by atoms with Gasteiger partial charge in [-0.2, -0.15) is 5.26 Å². The number of ether oxygens (including phenoxy) is 2. The van der Waals surface area contributed by atoms with Gasteiger partial charge in [-0.05, 0) is 42.0 Å². The smallest absolute Gasteiger partial charge is 0.266 e. The lowest BCUT2D eigenvalue weighted by Crippen LogP contribution is -2.13. The maximum absolute atomic E-state index is 12.6. The third kappa shape index (κ3) is 6.21. The van der Waals surface area contributed by atoms with Gasteiger partial charge in [0.05, 0.1) is 22.8 Å². The van der Waals surface area contributed by atoms with Gasteiger partial charge in [-0.1, -0.05) is 75.0 Å². The molecule has 3 aromatic carbocycles. The summed E-state index contributed by atoms with van der Waals surface area (Å²) in [5, 5.41) is 13.2. The third-order valence-corrected chi connectivity index (χ3v) is 6.36. The highest BCUT2D eigenvalue weighted by atomic mass is 79.9. The van der Waals surface area contributed by atoms with Gasteiger partial charge in [0.1, 0.15) is 18.2 Å². The molecule has 0 radical (unpaired) electrons. The molecule has 3 aromatic rings. The molecule has 0 atom stereocenters. The number of nitriles is 1. The second kappa shape index (κ2) is 11.4. The van der Waals surface area contributed by atoms with E-state index in [4.69, 9.17) is 44.3 Å². The SMILES string of the molecule is COc1cc(/C=C(/C#N)C(=O)Nc2cccc(Cl)c2Cl)c(Br)cc1OCc1ccccc1Cl. The average molecular weight is 567 g/mol. The van der Waals surface area contributed by atoms with E-state index < -0.39 is 5.91 Å². The summed E-state index contributed by atoms with van der Waals surface area (Å²) in [6.07, 6.45) is 1.43. The molecule has 168 valence electrons. The Balaban J connectivity index is 1.85. The van der Waals surface area contributed by atoms with Gasteiger partial charge in [0, 0.05) is 15.1 Å². The van der Waals surface area contributed by atoms with Crippen molar-refractivity contribution in [2.75, 3.05) is 12.4 Å². The predicted molar refractivity (Wildman–Crippen MR) is 135 cm³/mol. The fraction of sp³-hybridized carbons (Fsp3) is 0.0833. The Labute approximate surface area is 214 Å². The first-order valence-electron chi connectivity index (χ1n) is 9.45. The maximum Gasteiger partial charge on any atom is 0.266 e. The minimum atomic E-state index is -0.633. The lowest BCUT2D eigenvalue weighted by molar-refractivity contribution is -0.112. The minimum Gasteiger partial charge on any atom is -0.493 e. The zero-order valence-corrected chi connectivity index (χ0v) is 21.0. The second-order valence-corrected chi connectivity index (χ2v) is 8.68. The van der Waals surface area contributed by atoms with E-state index >= 15 is 0 Å². The number of methoxy groups -OCH3 is 1. The highest BCUT2D eigenvalue weighted by Gasteiger charge is 2.16. The molecule has 1 N–H and O–H groups in total. The number of carbonyl (C=O) groups excluding carboxylic acids is 1. The van der Waals surface area contributed by atoms with E-state index in [-0.39, 0.29) is 22.2 Å². The first-order chi connectivity index (χ1) is 15.8. The van der Waals surface area contributed by atoms with Crippen LogP contribution in [0, 0.1) is 11.3 Å².